The molecule has 0 saturated heterocycles. The van der Waals surface area contributed by atoms with E-state index in [0.29, 0.717) is 5.56 Å². The molecule has 32 heavy (non-hydrogen) atoms. The predicted molar refractivity (Wildman–Crippen MR) is 119 cm³/mol. The lowest BCUT2D eigenvalue weighted by Gasteiger charge is -2.06. The van der Waals surface area contributed by atoms with E-state index < -0.39 is 15.8 Å². The van der Waals surface area contributed by atoms with Crippen molar-refractivity contribution in [2.75, 3.05) is 5.32 Å². The molecule has 0 aliphatic heterocycles. The van der Waals surface area contributed by atoms with Crippen molar-refractivity contribution >= 4 is 56.6 Å². The highest BCUT2D eigenvalue weighted by Gasteiger charge is 2.16. The number of nitro groups is 2. The molecular formula is C20H10BrClN4O6. The van der Waals surface area contributed by atoms with Crippen molar-refractivity contribution in [3.8, 4) is 17.4 Å². The number of furan rings is 1. The van der Waals surface area contributed by atoms with Crippen LogP contribution in [0.1, 0.15) is 5.76 Å². The third-order valence-corrected chi connectivity index (χ3v) is 5.09. The van der Waals surface area contributed by atoms with Gasteiger partial charge in [0, 0.05) is 40.4 Å². The predicted octanol–water partition coefficient (Wildman–Crippen LogP) is 5.72. The lowest BCUT2D eigenvalue weighted by molar-refractivity contribution is -0.385. The van der Waals surface area contributed by atoms with Crippen molar-refractivity contribution < 1.29 is 19.1 Å². The molecule has 10 nitrogen and oxygen atoms in total. The molecule has 0 atom stereocenters. The van der Waals surface area contributed by atoms with Crippen LogP contribution in [0.5, 0.6) is 0 Å². The number of hydrogen-bond donors (Lipinski definition) is 1. The number of anilines is 1. The van der Waals surface area contributed by atoms with Gasteiger partial charge in [-0.25, -0.2) is 0 Å². The van der Waals surface area contributed by atoms with Gasteiger partial charge < -0.3 is 9.73 Å². The number of nitriles is 1. The van der Waals surface area contributed by atoms with Crippen LogP contribution in [-0.4, -0.2) is 15.8 Å². The van der Waals surface area contributed by atoms with Gasteiger partial charge in [0.15, 0.2) is 0 Å². The highest BCUT2D eigenvalue weighted by molar-refractivity contribution is 9.10. The fourth-order valence-corrected chi connectivity index (χ4v) is 3.33. The molecule has 0 aliphatic carbocycles. The second kappa shape index (κ2) is 9.42. The van der Waals surface area contributed by atoms with E-state index >= 15 is 0 Å². The molecular weight excluding hydrogens is 508 g/mol. The van der Waals surface area contributed by atoms with Gasteiger partial charge in [-0.05, 0) is 40.2 Å². The van der Waals surface area contributed by atoms with Crippen LogP contribution >= 0.6 is 27.5 Å². The van der Waals surface area contributed by atoms with E-state index in [-0.39, 0.29) is 43.7 Å². The first kappa shape index (κ1) is 22.7. The summed E-state index contributed by atoms with van der Waals surface area (Å²) in [5, 5.41) is 33.6. The summed E-state index contributed by atoms with van der Waals surface area (Å²) in [5.74, 6) is -0.302. The largest absolute Gasteiger partial charge is 0.457 e. The molecule has 0 unspecified atom stereocenters. The lowest BCUT2D eigenvalue weighted by Crippen LogP contribution is -2.13. The van der Waals surface area contributed by atoms with Gasteiger partial charge in [-0.1, -0.05) is 11.6 Å². The molecule has 1 aromatic heterocycles. The number of hydrogen-bond acceptors (Lipinski definition) is 7. The molecule has 0 saturated carbocycles. The topological polar surface area (TPSA) is 152 Å². The molecule has 1 N–H and O–H groups in total. The van der Waals surface area contributed by atoms with E-state index in [4.69, 9.17) is 16.0 Å². The average Bonchev–Trinajstić information content (AvgIpc) is 3.21. The molecule has 3 aromatic rings. The van der Waals surface area contributed by atoms with Crippen LogP contribution < -0.4 is 5.32 Å². The van der Waals surface area contributed by atoms with Crippen molar-refractivity contribution in [3.05, 3.63) is 89.6 Å². The summed E-state index contributed by atoms with van der Waals surface area (Å²) >= 11 is 9.23. The molecule has 0 bridgehead atoms. The van der Waals surface area contributed by atoms with E-state index in [1.807, 2.05) is 0 Å². The molecule has 12 heteroatoms. The molecule has 0 fully saturated rings. The normalized spacial score (nSPS) is 11.0. The quantitative estimate of drug-likeness (QED) is 0.190. The number of carbonyl (C=O) groups excluding carboxylic acids is 1. The van der Waals surface area contributed by atoms with Crippen LogP contribution in [0, 0.1) is 31.6 Å². The first-order chi connectivity index (χ1) is 15.2. The molecule has 0 radical (unpaired) electrons. The third kappa shape index (κ3) is 5.00. The Morgan fingerprint density at radius 3 is 2.34 bits per heavy atom. The minimum atomic E-state index is -0.756. The number of rotatable bonds is 6. The molecule has 2 aromatic carbocycles. The van der Waals surface area contributed by atoms with E-state index in [1.165, 1.54) is 48.5 Å². The maximum Gasteiger partial charge on any atom is 0.270 e. The van der Waals surface area contributed by atoms with Crippen molar-refractivity contribution in [2.45, 2.75) is 0 Å². The summed E-state index contributed by atoms with van der Waals surface area (Å²) in [7, 11) is 0. The number of nitrogens with zero attached hydrogens (tertiary/aromatic N) is 3. The number of halogens is 2. The molecule has 3 rings (SSSR count). The summed E-state index contributed by atoms with van der Waals surface area (Å²) in [6.07, 6.45) is 1.21. The Morgan fingerprint density at radius 1 is 1.09 bits per heavy atom. The molecule has 1 amide bonds. The minimum absolute atomic E-state index is 0.102. The summed E-state index contributed by atoms with van der Waals surface area (Å²) in [6.45, 7) is 0. The average molecular weight is 518 g/mol. The van der Waals surface area contributed by atoms with Crippen molar-refractivity contribution in [1.29, 1.82) is 5.26 Å². The SMILES string of the molecule is N#C/C(=C\c1ccc(-c2ccc([N+](=O)[O-])cc2Cl)o1)C(=O)Nc1ccc([N+](=O)[O-])cc1Br. The van der Waals surface area contributed by atoms with Gasteiger partial charge in [-0.2, -0.15) is 5.26 Å². The number of non-ortho nitro benzene ring substituents is 2. The first-order valence-corrected chi connectivity index (χ1v) is 9.78. The Labute approximate surface area is 193 Å². The smallest absolute Gasteiger partial charge is 0.270 e. The van der Waals surface area contributed by atoms with Crippen molar-refractivity contribution in [1.82, 2.24) is 0 Å². The summed E-state index contributed by atoms with van der Waals surface area (Å²) < 4.78 is 5.87. The maximum absolute atomic E-state index is 12.5. The zero-order valence-corrected chi connectivity index (χ0v) is 18.1. The summed E-state index contributed by atoms with van der Waals surface area (Å²) in [6, 6.07) is 12.5. The first-order valence-electron chi connectivity index (χ1n) is 8.61. The number of nitrogens with one attached hydrogen (secondary N) is 1. The van der Waals surface area contributed by atoms with Gasteiger partial charge in [0.1, 0.15) is 23.2 Å². The standard InChI is InChI=1S/C20H10BrClN4O6/c21-16-8-12(25(28)29)2-5-18(16)24-20(27)11(10-23)7-14-3-6-19(32-14)15-4-1-13(26(30)31)9-17(15)22/h1-9H,(H,24,27)/b11-7+. The fraction of sp³-hybridized carbons (Fsp3) is 0. The molecule has 0 aliphatic rings. The number of amides is 1. The maximum atomic E-state index is 12.5. The molecule has 160 valence electrons. The molecule has 1 heterocycles. The van der Waals surface area contributed by atoms with E-state index in [0.717, 1.165) is 0 Å². The van der Waals surface area contributed by atoms with E-state index in [1.54, 1.807) is 12.1 Å². The lowest BCUT2D eigenvalue weighted by atomic mass is 10.1. The van der Waals surface area contributed by atoms with Gasteiger partial charge >= 0.3 is 0 Å². The highest BCUT2D eigenvalue weighted by atomic mass is 79.9. The van der Waals surface area contributed by atoms with Gasteiger partial charge in [-0.15, -0.1) is 0 Å². The number of carbonyl (C=O) groups is 1. The third-order valence-electron chi connectivity index (χ3n) is 4.12. The van der Waals surface area contributed by atoms with Crippen LogP contribution in [0.2, 0.25) is 5.02 Å². The zero-order valence-electron chi connectivity index (χ0n) is 15.7. The van der Waals surface area contributed by atoms with Crippen LogP contribution in [0.15, 0.2) is 63.0 Å². The van der Waals surface area contributed by atoms with Crippen molar-refractivity contribution in [3.63, 3.8) is 0 Å². The number of nitro benzene ring substituents is 2. The van der Waals surface area contributed by atoms with Gasteiger partial charge in [-0.3, -0.25) is 25.0 Å². The fourth-order valence-electron chi connectivity index (χ4n) is 2.59. The van der Waals surface area contributed by atoms with E-state index in [2.05, 4.69) is 21.2 Å². The summed E-state index contributed by atoms with van der Waals surface area (Å²) in [5.41, 5.74) is 0.00499. The Hall–Kier alpha value is -4.01. The van der Waals surface area contributed by atoms with Crippen LogP contribution in [-0.2, 0) is 4.79 Å². The second-order valence-electron chi connectivity index (χ2n) is 6.17. The van der Waals surface area contributed by atoms with Gasteiger partial charge in [0.05, 0.1) is 20.6 Å². The Balaban J connectivity index is 1.82. The number of benzene rings is 2. The van der Waals surface area contributed by atoms with Crippen LogP contribution in [0.25, 0.3) is 17.4 Å². The van der Waals surface area contributed by atoms with Crippen molar-refractivity contribution in [2.24, 2.45) is 0 Å². The van der Waals surface area contributed by atoms with E-state index in [9.17, 15) is 30.3 Å². The second-order valence-corrected chi connectivity index (χ2v) is 7.43. The highest BCUT2D eigenvalue weighted by Crippen LogP contribution is 2.33. The van der Waals surface area contributed by atoms with Crippen LogP contribution in [0.3, 0.4) is 0 Å². The minimum Gasteiger partial charge on any atom is -0.457 e. The summed E-state index contributed by atoms with van der Waals surface area (Å²) in [4.78, 5) is 33.0. The van der Waals surface area contributed by atoms with Gasteiger partial charge in [0.25, 0.3) is 17.3 Å². The Bertz CT molecular complexity index is 1330. The monoisotopic (exact) mass is 516 g/mol. The van der Waals surface area contributed by atoms with Crippen LogP contribution in [0.4, 0.5) is 17.1 Å². The Kier molecular flexibility index (Phi) is 6.67. The van der Waals surface area contributed by atoms with Gasteiger partial charge in [0.2, 0.25) is 0 Å². The Morgan fingerprint density at radius 2 is 1.75 bits per heavy atom. The zero-order chi connectivity index (χ0) is 23.4. The molecule has 0 spiro atoms.